The lowest BCUT2D eigenvalue weighted by molar-refractivity contribution is -0.189. The molecular formula is C40H48F6O2. The first-order valence-electron chi connectivity index (χ1n) is 17.9. The Morgan fingerprint density at radius 1 is 0.667 bits per heavy atom. The molecule has 0 heterocycles. The molecule has 2 aliphatic rings. The SMILES string of the molecule is CCCCCC1CCC(C2CCC(c3ccc(-c4cc(F)c(C(F)(F)Oc5ccc(OCCCC)c(F)c5)c(F)c4)c(F)c3)CC2)CC1. The van der Waals surface area contributed by atoms with Gasteiger partial charge >= 0.3 is 6.11 Å². The zero-order valence-electron chi connectivity index (χ0n) is 28.1. The van der Waals surface area contributed by atoms with Crippen LogP contribution in [0.25, 0.3) is 11.1 Å². The van der Waals surface area contributed by atoms with Gasteiger partial charge in [0.05, 0.1) is 6.61 Å². The molecule has 2 aliphatic carbocycles. The normalized spacial score (nSPS) is 21.7. The average Bonchev–Trinajstić information content (AvgIpc) is 3.05. The van der Waals surface area contributed by atoms with Gasteiger partial charge in [-0.05, 0) is 110 Å². The van der Waals surface area contributed by atoms with Crippen LogP contribution in [0.5, 0.6) is 11.5 Å². The molecule has 0 amide bonds. The Kier molecular flexibility index (Phi) is 12.4. The summed E-state index contributed by atoms with van der Waals surface area (Å²) in [5.41, 5.74) is -1.09. The predicted octanol–water partition coefficient (Wildman–Crippen LogP) is 12.9. The van der Waals surface area contributed by atoms with E-state index in [9.17, 15) is 4.39 Å². The van der Waals surface area contributed by atoms with E-state index >= 15 is 22.0 Å². The highest BCUT2D eigenvalue weighted by Gasteiger charge is 2.41. The summed E-state index contributed by atoms with van der Waals surface area (Å²) in [6, 6.07) is 8.81. The molecule has 0 saturated heterocycles. The number of alkyl halides is 2. The van der Waals surface area contributed by atoms with Crippen LogP contribution in [-0.4, -0.2) is 6.61 Å². The Morgan fingerprint density at radius 3 is 1.92 bits per heavy atom. The number of ether oxygens (including phenoxy) is 2. The Morgan fingerprint density at radius 2 is 1.31 bits per heavy atom. The standard InChI is InChI=1S/C40H48F6O2/c1-3-5-7-8-26-9-11-27(12-10-26)28-13-15-29(16-14-28)30-17-19-33(34(41)22-30)31-23-36(43)39(37(44)24-31)40(45,46)48-32-18-20-38(35(42)25-32)47-21-6-4-2/h17-20,22-29H,3-16,21H2,1-2H3. The topological polar surface area (TPSA) is 18.5 Å². The molecule has 0 radical (unpaired) electrons. The third-order valence-corrected chi connectivity index (χ3v) is 10.6. The number of benzene rings is 3. The molecule has 2 nitrogen and oxygen atoms in total. The minimum atomic E-state index is -4.47. The van der Waals surface area contributed by atoms with Gasteiger partial charge in [-0.3, -0.25) is 0 Å². The van der Waals surface area contributed by atoms with Crippen LogP contribution in [0.15, 0.2) is 48.5 Å². The highest BCUT2D eigenvalue weighted by Crippen LogP contribution is 2.45. The van der Waals surface area contributed by atoms with Crippen molar-refractivity contribution in [2.45, 2.75) is 116 Å². The van der Waals surface area contributed by atoms with Crippen molar-refractivity contribution in [1.82, 2.24) is 0 Å². The highest BCUT2D eigenvalue weighted by atomic mass is 19.3. The fraction of sp³-hybridized carbons (Fsp3) is 0.550. The van der Waals surface area contributed by atoms with E-state index in [1.807, 2.05) is 6.92 Å². The van der Waals surface area contributed by atoms with Gasteiger partial charge in [0, 0.05) is 11.6 Å². The molecule has 0 aliphatic heterocycles. The Bertz CT molecular complexity index is 1470. The van der Waals surface area contributed by atoms with Crippen molar-refractivity contribution >= 4 is 0 Å². The smallest absolute Gasteiger partial charge is 0.432 e. The van der Waals surface area contributed by atoms with Gasteiger partial charge in [0.25, 0.3) is 0 Å². The molecule has 0 N–H and O–H groups in total. The lowest BCUT2D eigenvalue weighted by Crippen LogP contribution is -2.25. The molecule has 5 rings (SSSR count). The Labute approximate surface area is 281 Å². The summed E-state index contributed by atoms with van der Waals surface area (Å²) < 4.78 is 99.7. The fourth-order valence-electron chi connectivity index (χ4n) is 7.77. The molecule has 3 aromatic rings. The summed E-state index contributed by atoms with van der Waals surface area (Å²) in [5.74, 6) is -3.00. The first-order valence-corrected chi connectivity index (χ1v) is 17.9. The van der Waals surface area contributed by atoms with Crippen LogP contribution in [0.1, 0.15) is 121 Å². The molecule has 2 saturated carbocycles. The van der Waals surface area contributed by atoms with Crippen molar-refractivity contribution in [3.05, 3.63) is 82.9 Å². The van der Waals surface area contributed by atoms with Gasteiger partial charge in [-0.15, -0.1) is 0 Å². The van der Waals surface area contributed by atoms with Crippen molar-refractivity contribution in [3.63, 3.8) is 0 Å². The van der Waals surface area contributed by atoms with Crippen LogP contribution in [0.3, 0.4) is 0 Å². The van der Waals surface area contributed by atoms with Gasteiger partial charge < -0.3 is 9.47 Å². The van der Waals surface area contributed by atoms with Crippen LogP contribution in [0.2, 0.25) is 0 Å². The molecule has 0 aromatic heterocycles. The van der Waals surface area contributed by atoms with Gasteiger partial charge in [0.1, 0.15) is 28.8 Å². The van der Waals surface area contributed by atoms with Crippen LogP contribution in [0, 0.1) is 41.0 Å². The summed E-state index contributed by atoms with van der Waals surface area (Å²) in [6.07, 6.45) is 11.9. The summed E-state index contributed by atoms with van der Waals surface area (Å²) in [4.78, 5) is 0. The van der Waals surface area contributed by atoms with Crippen molar-refractivity contribution in [2.24, 2.45) is 17.8 Å². The Hall–Kier alpha value is -3.16. The number of rotatable bonds is 14. The number of halogens is 6. The summed E-state index contributed by atoms with van der Waals surface area (Å²) in [7, 11) is 0. The molecule has 0 bridgehead atoms. The van der Waals surface area contributed by atoms with Crippen LogP contribution in [-0.2, 0) is 6.11 Å². The molecule has 8 heteroatoms. The maximum Gasteiger partial charge on any atom is 0.432 e. The zero-order valence-corrected chi connectivity index (χ0v) is 28.1. The summed E-state index contributed by atoms with van der Waals surface area (Å²) in [6.45, 7) is 4.43. The van der Waals surface area contributed by atoms with Crippen molar-refractivity contribution < 1.29 is 35.8 Å². The predicted molar refractivity (Wildman–Crippen MR) is 177 cm³/mol. The van der Waals surface area contributed by atoms with Gasteiger partial charge in [-0.25, -0.2) is 17.6 Å². The van der Waals surface area contributed by atoms with Crippen LogP contribution < -0.4 is 9.47 Å². The second-order valence-corrected chi connectivity index (χ2v) is 13.9. The van der Waals surface area contributed by atoms with E-state index in [2.05, 4.69) is 11.7 Å². The molecule has 0 spiro atoms. The second kappa shape index (κ2) is 16.5. The van der Waals surface area contributed by atoms with Crippen molar-refractivity contribution in [3.8, 4) is 22.6 Å². The first kappa shape index (κ1) is 36.1. The quantitative estimate of drug-likeness (QED) is 0.125. The maximum absolute atomic E-state index is 15.4. The van der Waals surface area contributed by atoms with Crippen molar-refractivity contribution in [2.75, 3.05) is 6.61 Å². The molecular weight excluding hydrogens is 626 g/mol. The van der Waals surface area contributed by atoms with E-state index in [4.69, 9.17) is 4.74 Å². The van der Waals surface area contributed by atoms with Crippen LogP contribution >= 0.6 is 0 Å². The minimum Gasteiger partial charge on any atom is -0.491 e. The molecule has 0 atom stereocenters. The molecule has 48 heavy (non-hydrogen) atoms. The average molecular weight is 675 g/mol. The monoisotopic (exact) mass is 674 g/mol. The van der Waals surface area contributed by atoms with Gasteiger partial charge in [0.2, 0.25) is 0 Å². The van der Waals surface area contributed by atoms with E-state index in [1.54, 1.807) is 6.07 Å². The lowest BCUT2D eigenvalue weighted by atomic mass is 9.68. The minimum absolute atomic E-state index is 0.0857. The third kappa shape index (κ3) is 8.89. The van der Waals surface area contributed by atoms with Gasteiger partial charge in [0.15, 0.2) is 11.6 Å². The van der Waals surface area contributed by atoms with E-state index < -0.39 is 40.7 Å². The zero-order chi connectivity index (χ0) is 34.3. The summed E-state index contributed by atoms with van der Waals surface area (Å²) in [5, 5.41) is 0. The molecule has 2 fully saturated rings. The van der Waals surface area contributed by atoms with Gasteiger partial charge in [-0.2, -0.15) is 8.78 Å². The second-order valence-electron chi connectivity index (χ2n) is 13.9. The largest absolute Gasteiger partial charge is 0.491 e. The summed E-state index contributed by atoms with van der Waals surface area (Å²) >= 11 is 0. The number of unbranched alkanes of at least 4 members (excludes halogenated alkanes) is 3. The fourth-order valence-corrected chi connectivity index (χ4v) is 7.77. The first-order chi connectivity index (χ1) is 23.1. The van der Waals surface area contributed by atoms with E-state index in [0.717, 1.165) is 67.6 Å². The highest BCUT2D eigenvalue weighted by molar-refractivity contribution is 5.65. The van der Waals surface area contributed by atoms with Gasteiger partial charge in [-0.1, -0.05) is 70.9 Å². The van der Waals surface area contributed by atoms with E-state index in [1.165, 1.54) is 63.5 Å². The molecule has 0 unspecified atom stereocenters. The van der Waals surface area contributed by atoms with Crippen LogP contribution in [0.4, 0.5) is 26.3 Å². The van der Waals surface area contributed by atoms with E-state index in [0.29, 0.717) is 24.6 Å². The molecule has 262 valence electrons. The maximum atomic E-state index is 15.4. The van der Waals surface area contributed by atoms with Crippen molar-refractivity contribution in [1.29, 1.82) is 0 Å². The number of hydrogen-bond donors (Lipinski definition) is 0. The molecule has 3 aromatic carbocycles. The lowest BCUT2D eigenvalue weighted by Gasteiger charge is -2.38. The Balaban J connectivity index is 1.20. The van der Waals surface area contributed by atoms with E-state index in [-0.39, 0.29) is 29.4 Å². The third-order valence-electron chi connectivity index (χ3n) is 10.6. The number of hydrogen-bond acceptors (Lipinski definition) is 2.